The van der Waals surface area contributed by atoms with Crippen molar-refractivity contribution in [2.24, 2.45) is 5.92 Å². The molecule has 0 aromatic heterocycles. The number of hydrogen-bond acceptors (Lipinski definition) is 0. The summed E-state index contributed by atoms with van der Waals surface area (Å²) in [5, 5.41) is 0. The summed E-state index contributed by atoms with van der Waals surface area (Å²) >= 11 is 0. The lowest BCUT2D eigenvalue weighted by molar-refractivity contribution is 0.509. The summed E-state index contributed by atoms with van der Waals surface area (Å²) in [4.78, 5) is 0. The highest BCUT2D eigenvalue weighted by Crippen LogP contribution is 2.07. The van der Waals surface area contributed by atoms with E-state index in [0.717, 1.165) is 5.92 Å². The molecule has 0 spiro atoms. The lowest BCUT2D eigenvalue weighted by Gasteiger charge is -2.02. The molecule has 0 aliphatic rings. The molecule has 0 radical (unpaired) electrons. The minimum atomic E-state index is 0.949. The van der Waals surface area contributed by atoms with Crippen molar-refractivity contribution in [3.8, 4) is 0 Å². The molecule has 1 unspecified atom stereocenters. The molecular weight excluding hydrogens is 156 g/mol. The van der Waals surface area contributed by atoms with Crippen LogP contribution < -0.4 is 0 Å². The Balaban J connectivity index is -0.000000140. The quantitative estimate of drug-likeness (QED) is 0.535. The lowest BCUT2D eigenvalue weighted by Crippen LogP contribution is -1.88. The fourth-order valence-electron chi connectivity index (χ4n) is 0.697. The highest BCUT2D eigenvalue weighted by molar-refractivity contribution is 4.45. The average Bonchev–Trinajstić information content (AvgIpc) is 2.07. The predicted molar refractivity (Wildman–Crippen MR) is 66.3 cm³/mol. The topological polar surface area (TPSA) is 0 Å². The van der Waals surface area contributed by atoms with E-state index in [0.29, 0.717) is 0 Å². The van der Waals surface area contributed by atoms with Crippen molar-refractivity contribution >= 4 is 0 Å². The maximum Gasteiger partial charge on any atom is -0.0446 e. The molecule has 0 N–H and O–H groups in total. The molecule has 0 aliphatic heterocycles. The Hall–Kier alpha value is 0. The molecule has 0 heteroatoms. The summed E-state index contributed by atoms with van der Waals surface area (Å²) in [6.45, 7) is 15.3. The Labute approximate surface area is 87.1 Å². The lowest BCUT2D eigenvalue weighted by atomic mass is 10.0. The van der Waals surface area contributed by atoms with E-state index < -0.39 is 0 Å². The first kappa shape index (κ1) is 18.7. The van der Waals surface area contributed by atoms with Crippen LogP contribution >= 0.6 is 0 Å². The summed E-state index contributed by atoms with van der Waals surface area (Å²) in [5.74, 6) is 0.949. The Bertz CT molecular complexity index is 46.0. The van der Waals surface area contributed by atoms with Gasteiger partial charge in [0.1, 0.15) is 0 Å². The SMILES string of the molecule is CCC.CCC.CCCC(C)CC. The second-order valence-corrected chi connectivity index (χ2v) is 3.72. The van der Waals surface area contributed by atoms with E-state index in [-0.39, 0.29) is 0 Å². The first-order valence-electron chi connectivity index (χ1n) is 6.14. The molecule has 0 saturated heterocycles. The van der Waals surface area contributed by atoms with Gasteiger partial charge in [-0.3, -0.25) is 0 Å². The summed E-state index contributed by atoms with van der Waals surface area (Å²) in [5.41, 5.74) is 0. The van der Waals surface area contributed by atoms with Gasteiger partial charge in [0.2, 0.25) is 0 Å². The van der Waals surface area contributed by atoms with Crippen molar-refractivity contribution < 1.29 is 0 Å². The van der Waals surface area contributed by atoms with Gasteiger partial charge in [-0.1, -0.05) is 80.6 Å². The molecule has 84 valence electrons. The third kappa shape index (κ3) is 48.0. The number of rotatable bonds is 3. The van der Waals surface area contributed by atoms with E-state index in [1.807, 2.05) is 0 Å². The van der Waals surface area contributed by atoms with Crippen molar-refractivity contribution in [3.63, 3.8) is 0 Å². The third-order valence-electron chi connectivity index (χ3n) is 1.48. The second kappa shape index (κ2) is 22.7. The molecule has 0 fully saturated rings. The van der Waals surface area contributed by atoms with Crippen LogP contribution in [0.5, 0.6) is 0 Å². The first-order valence-corrected chi connectivity index (χ1v) is 6.14. The normalized spacial score (nSPS) is 10.4. The van der Waals surface area contributed by atoms with E-state index in [2.05, 4.69) is 48.5 Å². The van der Waals surface area contributed by atoms with Gasteiger partial charge in [0, 0.05) is 0 Å². The van der Waals surface area contributed by atoms with Crippen molar-refractivity contribution in [1.29, 1.82) is 0 Å². The molecule has 0 nitrogen and oxygen atoms in total. The molecule has 0 aromatic rings. The zero-order valence-electron chi connectivity index (χ0n) is 11.1. The van der Waals surface area contributed by atoms with Crippen LogP contribution in [0.2, 0.25) is 0 Å². The van der Waals surface area contributed by atoms with Crippen molar-refractivity contribution in [2.45, 2.75) is 80.6 Å². The fourth-order valence-corrected chi connectivity index (χ4v) is 0.697. The van der Waals surface area contributed by atoms with Crippen molar-refractivity contribution in [2.75, 3.05) is 0 Å². The van der Waals surface area contributed by atoms with Gasteiger partial charge in [0.25, 0.3) is 0 Å². The highest BCUT2D eigenvalue weighted by atomic mass is 14.0. The van der Waals surface area contributed by atoms with Gasteiger partial charge >= 0.3 is 0 Å². The Morgan fingerprint density at radius 2 is 1.08 bits per heavy atom. The monoisotopic (exact) mass is 188 g/mol. The van der Waals surface area contributed by atoms with Crippen molar-refractivity contribution in [3.05, 3.63) is 0 Å². The zero-order valence-corrected chi connectivity index (χ0v) is 11.1. The maximum absolute atomic E-state index is 2.31. The van der Waals surface area contributed by atoms with Crippen LogP contribution in [0.3, 0.4) is 0 Å². The fraction of sp³-hybridized carbons (Fsp3) is 1.00. The van der Waals surface area contributed by atoms with Gasteiger partial charge in [-0.15, -0.1) is 0 Å². The molecule has 0 rings (SSSR count). The molecule has 0 aromatic carbocycles. The summed E-state index contributed by atoms with van der Waals surface area (Å²) in [7, 11) is 0. The second-order valence-electron chi connectivity index (χ2n) is 3.72. The third-order valence-corrected chi connectivity index (χ3v) is 1.48. The highest BCUT2D eigenvalue weighted by Gasteiger charge is 1.92. The maximum atomic E-state index is 2.31. The Morgan fingerprint density at radius 3 is 1.15 bits per heavy atom. The van der Waals surface area contributed by atoms with Crippen LogP contribution in [0.4, 0.5) is 0 Å². The van der Waals surface area contributed by atoms with Crippen LogP contribution in [0, 0.1) is 5.92 Å². The van der Waals surface area contributed by atoms with Crippen molar-refractivity contribution in [1.82, 2.24) is 0 Å². The van der Waals surface area contributed by atoms with Crippen LogP contribution in [0.15, 0.2) is 0 Å². The summed E-state index contributed by atoms with van der Waals surface area (Å²) < 4.78 is 0. The van der Waals surface area contributed by atoms with Gasteiger partial charge in [0.15, 0.2) is 0 Å². The van der Waals surface area contributed by atoms with Gasteiger partial charge in [0.05, 0.1) is 0 Å². The van der Waals surface area contributed by atoms with E-state index in [1.54, 1.807) is 0 Å². The van der Waals surface area contributed by atoms with E-state index in [1.165, 1.54) is 32.1 Å². The molecule has 0 bridgehead atoms. The standard InChI is InChI=1S/C7H16.2C3H8/c1-4-6-7(3)5-2;2*1-3-2/h7H,4-6H2,1-3H3;2*3H2,1-2H3. The average molecular weight is 188 g/mol. The minimum Gasteiger partial charge on any atom is -0.0656 e. The van der Waals surface area contributed by atoms with E-state index >= 15 is 0 Å². The molecule has 0 amide bonds. The van der Waals surface area contributed by atoms with Crippen LogP contribution in [0.25, 0.3) is 0 Å². The van der Waals surface area contributed by atoms with Crippen LogP contribution in [0.1, 0.15) is 80.6 Å². The Kier molecular flexibility index (Phi) is 32.7. The summed E-state index contributed by atoms with van der Waals surface area (Å²) in [6, 6.07) is 0. The van der Waals surface area contributed by atoms with Gasteiger partial charge in [-0.2, -0.15) is 0 Å². The predicted octanol–water partition coefficient (Wildman–Crippen LogP) is 5.67. The van der Waals surface area contributed by atoms with Gasteiger partial charge in [-0.05, 0) is 5.92 Å². The van der Waals surface area contributed by atoms with Crippen LogP contribution in [-0.4, -0.2) is 0 Å². The molecule has 1 atom stereocenters. The van der Waals surface area contributed by atoms with Gasteiger partial charge < -0.3 is 0 Å². The molecular formula is C13H32. The Morgan fingerprint density at radius 1 is 0.769 bits per heavy atom. The van der Waals surface area contributed by atoms with E-state index in [9.17, 15) is 0 Å². The first-order chi connectivity index (χ1) is 6.14. The van der Waals surface area contributed by atoms with Crippen LogP contribution in [-0.2, 0) is 0 Å². The number of hydrogen-bond donors (Lipinski definition) is 0. The van der Waals surface area contributed by atoms with Gasteiger partial charge in [-0.25, -0.2) is 0 Å². The molecule has 0 heterocycles. The smallest absolute Gasteiger partial charge is 0.0446 e. The summed E-state index contributed by atoms with van der Waals surface area (Å²) in [6.07, 6.45) is 6.58. The minimum absolute atomic E-state index is 0.949. The molecule has 0 aliphatic carbocycles. The largest absolute Gasteiger partial charge is 0.0656 e. The molecule has 13 heavy (non-hydrogen) atoms. The molecule has 0 saturated carbocycles. The zero-order chi connectivity index (χ0) is 11.1. The van der Waals surface area contributed by atoms with E-state index in [4.69, 9.17) is 0 Å².